The van der Waals surface area contributed by atoms with E-state index in [1.807, 2.05) is 11.8 Å². The molecule has 4 nitrogen and oxygen atoms in total. The van der Waals surface area contributed by atoms with Gasteiger partial charge in [-0.1, -0.05) is 13.8 Å². The van der Waals surface area contributed by atoms with Crippen molar-refractivity contribution < 1.29 is 8.42 Å². The largest absolute Gasteiger partial charge is 0.329 e. The second-order valence-electron chi connectivity index (χ2n) is 6.81. The van der Waals surface area contributed by atoms with Crippen LogP contribution in [0.25, 0.3) is 0 Å². The average molecular weight is 339 g/mol. The molecule has 2 saturated heterocycles. The van der Waals surface area contributed by atoms with E-state index in [9.17, 15) is 8.42 Å². The van der Waals surface area contributed by atoms with Gasteiger partial charge in [-0.15, -0.1) is 0 Å². The molecular weight excluding hydrogens is 312 g/mol. The van der Waals surface area contributed by atoms with E-state index in [0.29, 0.717) is 12.3 Å². The molecule has 0 spiro atoms. The molecule has 0 saturated carbocycles. The number of nitrogens with two attached hydrogens (primary N) is 1. The van der Waals surface area contributed by atoms with Crippen molar-refractivity contribution in [1.29, 1.82) is 0 Å². The van der Waals surface area contributed by atoms with E-state index < -0.39 is 9.84 Å². The van der Waals surface area contributed by atoms with Gasteiger partial charge in [-0.2, -0.15) is 23.5 Å². The first-order valence-electron chi connectivity index (χ1n) is 7.01. The molecule has 2 atom stereocenters. The Bertz CT molecular complexity index is 453. The summed E-state index contributed by atoms with van der Waals surface area (Å²) in [5, 5.41) is -0.376. The lowest BCUT2D eigenvalue weighted by Gasteiger charge is -2.53. The highest BCUT2D eigenvalue weighted by molar-refractivity contribution is 8.01. The summed E-state index contributed by atoms with van der Waals surface area (Å²) in [4.78, 5) is 2.22. The number of rotatable bonds is 3. The fourth-order valence-corrected chi connectivity index (χ4v) is 7.89. The minimum atomic E-state index is -3.07. The molecule has 2 aliphatic rings. The fourth-order valence-electron chi connectivity index (χ4n) is 3.42. The van der Waals surface area contributed by atoms with Crippen molar-refractivity contribution in [3.8, 4) is 0 Å². The maximum absolute atomic E-state index is 12.2. The highest BCUT2D eigenvalue weighted by Crippen LogP contribution is 2.44. The van der Waals surface area contributed by atoms with Gasteiger partial charge in [-0.3, -0.25) is 4.90 Å². The van der Waals surface area contributed by atoms with E-state index in [0.717, 1.165) is 30.2 Å². The van der Waals surface area contributed by atoms with E-state index in [4.69, 9.17) is 5.73 Å². The normalized spacial score (nSPS) is 35.9. The Morgan fingerprint density at radius 2 is 2.00 bits per heavy atom. The third kappa shape index (κ3) is 3.48. The van der Waals surface area contributed by atoms with E-state index in [-0.39, 0.29) is 16.3 Å². The molecule has 0 aromatic rings. The molecule has 2 unspecified atom stereocenters. The lowest BCUT2D eigenvalue weighted by molar-refractivity contribution is 0.0649. The number of thioether (sulfide) groups is 2. The molecule has 118 valence electrons. The first-order chi connectivity index (χ1) is 9.20. The molecule has 7 heteroatoms. The summed E-state index contributed by atoms with van der Waals surface area (Å²) >= 11 is 3.65. The van der Waals surface area contributed by atoms with Crippen LogP contribution in [0.1, 0.15) is 20.3 Å². The third-order valence-corrected chi connectivity index (χ3v) is 8.61. The van der Waals surface area contributed by atoms with Crippen molar-refractivity contribution in [2.45, 2.75) is 31.2 Å². The van der Waals surface area contributed by atoms with Crippen molar-refractivity contribution in [2.24, 2.45) is 11.1 Å². The molecule has 0 aromatic heterocycles. The molecule has 2 fully saturated rings. The first kappa shape index (κ1) is 16.9. The van der Waals surface area contributed by atoms with Crippen LogP contribution in [0.15, 0.2) is 0 Å². The van der Waals surface area contributed by atoms with Crippen LogP contribution < -0.4 is 5.73 Å². The summed E-state index contributed by atoms with van der Waals surface area (Å²) in [6.07, 6.45) is 2.35. The van der Waals surface area contributed by atoms with Crippen LogP contribution in [0, 0.1) is 5.41 Å². The van der Waals surface area contributed by atoms with Crippen molar-refractivity contribution in [2.75, 3.05) is 42.4 Å². The maximum atomic E-state index is 12.2. The molecule has 0 aliphatic carbocycles. The van der Waals surface area contributed by atoms with Gasteiger partial charge in [0.05, 0.1) is 0 Å². The van der Waals surface area contributed by atoms with Gasteiger partial charge in [0.25, 0.3) is 0 Å². The van der Waals surface area contributed by atoms with Crippen molar-refractivity contribution in [1.82, 2.24) is 4.90 Å². The zero-order chi connectivity index (χ0) is 15.0. The van der Waals surface area contributed by atoms with Crippen molar-refractivity contribution in [3.63, 3.8) is 0 Å². The van der Waals surface area contributed by atoms with E-state index in [1.165, 1.54) is 6.26 Å². The molecule has 2 rings (SSSR count). The van der Waals surface area contributed by atoms with Crippen LogP contribution in [0.3, 0.4) is 0 Å². The van der Waals surface area contributed by atoms with Crippen LogP contribution in [-0.4, -0.2) is 66.6 Å². The van der Waals surface area contributed by atoms with Crippen LogP contribution in [0.4, 0.5) is 0 Å². The molecule has 2 heterocycles. The predicted molar refractivity (Wildman–Crippen MR) is 90.2 cm³/mol. The molecule has 0 radical (unpaired) electrons. The molecule has 0 amide bonds. The summed E-state index contributed by atoms with van der Waals surface area (Å²) in [5.41, 5.74) is 6.19. The highest BCUT2D eigenvalue weighted by Gasteiger charge is 2.48. The summed E-state index contributed by atoms with van der Waals surface area (Å²) < 4.78 is 24.3. The van der Waals surface area contributed by atoms with Gasteiger partial charge in [0, 0.05) is 42.1 Å². The van der Waals surface area contributed by atoms with E-state index >= 15 is 0 Å². The summed E-state index contributed by atoms with van der Waals surface area (Å²) in [7, 11) is -3.07. The molecule has 20 heavy (non-hydrogen) atoms. The number of hydrogen-bond acceptors (Lipinski definition) is 6. The van der Waals surface area contributed by atoms with Crippen LogP contribution >= 0.6 is 23.5 Å². The number of hydrogen-bond donors (Lipinski definition) is 1. The smallest absolute Gasteiger partial charge is 0.164 e. The van der Waals surface area contributed by atoms with Gasteiger partial charge in [-0.25, -0.2) is 8.42 Å². The Balaban J connectivity index is 2.33. The number of nitrogens with zero attached hydrogens (tertiary/aromatic N) is 1. The summed E-state index contributed by atoms with van der Waals surface area (Å²) in [6.45, 7) is 5.89. The highest BCUT2D eigenvalue weighted by atomic mass is 32.2. The van der Waals surface area contributed by atoms with Gasteiger partial charge in [0.15, 0.2) is 9.84 Å². The topological polar surface area (TPSA) is 63.4 Å². The molecular formula is C13H26N2O2S3. The van der Waals surface area contributed by atoms with Gasteiger partial charge >= 0.3 is 0 Å². The Hall–Kier alpha value is 0.570. The Labute approximate surface area is 131 Å². The SMILES string of the molecule is CC1(C)CSCC(CN)(N2CCSCC2S(C)(=O)=O)C1. The van der Waals surface area contributed by atoms with Gasteiger partial charge in [0.2, 0.25) is 0 Å². The number of sulfone groups is 1. The maximum Gasteiger partial charge on any atom is 0.164 e. The van der Waals surface area contributed by atoms with Crippen LogP contribution in [0.2, 0.25) is 0 Å². The van der Waals surface area contributed by atoms with Gasteiger partial charge < -0.3 is 5.73 Å². The molecule has 2 N–H and O–H groups in total. The standard InChI is InChI=1S/C13H26N2O2S3/c1-12(2)7-13(8-14,10-19-9-12)15-4-5-18-6-11(15)20(3,16)17/h11H,4-10,14H2,1-3H3. The zero-order valence-corrected chi connectivity index (χ0v) is 15.0. The second kappa shape index (κ2) is 5.99. The lowest BCUT2D eigenvalue weighted by Crippen LogP contribution is -2.66. The lowest BCUT2D eigenvalue weighted by atomic mass is 9.78. The van der Waals surface area contributed by atoms with Crippen LogP contribution in [-0.2, 0) is 9.84 Å². The Kier molecular flexibility index (Phi) is 5.07. The zero-order valence-electron chi connectivity index (χ0n) is 12.6. The molecule has 0 aromatic carbocycles. The Morgan fingerprint density at radius 3 is 2.55 bits per heavy atom. The van der Waals surface area contributed by atoms with E-state index in [2.05, 4.69) is 18.7 Å². The molecule has 2 aliphatic heterocycles. The van der Waals surface area contributed by atoms with Gasteiger partial charge in [0.1, 0.15) is 5.37 Å². The van der Waals surface area contributed by atoms with Crippen LogP contribution in [0.5, 0.6) is 0 Å². The molecule has 0 bridgehead atoms. The quantitative estimate of drug-likeness (QED) is 0.836. The minimum Gasteiger partial charge on any atom is -0.329 e. The Morgan fingerprint density at radius 1 is 1.30 bits per heavy atom. The van der Waals surface area contributed by atoms with Gasteiger partial charge in [-0.05, 0) is 17.6 Å². The van der Waals surface area contributed by atoms with Crippen molar-refractivity contribution in [3.05, 3.63) is 0 Å². The van der Waals surface area contributed by atoms with Crippen molar-refractivity contribution >= 4 is 33.4 Å². The monoisotopic (exact) mass is 338 g/mol. The fraction of sp³-hybridized carbons (Fsp3) is 1.00. The second-order valence-corrected chi connectivity index (χ2v) is 11.2. The van der Waals surface area contributed by atoms with E-state index in [1.54, 1.807) is 11.8 Å². The average Bonchev–Trinajstić information content (AvgIpc) is 2.36. The minimum absolute atomic E-state index is 0.166. The first-order valence-corrected chi connectivity index (χ1v) is 11.3. The summed E-state index contributed by atoms with van der Waals surface area (Å²) in [6, 6.07) is 0. The summed E-state index contributed by atoms with van der Waals surface area (Å²) in [5.74, 6) is 3.75. The third-order valence-electron chi connectivity index (χ3n) is 4.24. The predicted octanol–water partition coefficient (Wildman–Crippen LogP) is 1.27.